The van der Waals surface area contributed by atoms with Crippen LogP contribution in [0.5, 0.6) is 0 Å². The molecule has 2 rings (SSSR count). The van der Waals surface area contributed by atoms with Gasteiger partial charge in [-0.1, -0.05) is 5.16 Å². The van der Waals surface area contributed by atoms with Crippen LogP contribution in [0.2, 0.25) is 0 Å². The number of hydrogen-bond acceptors (Lipinski definition) is 5. The average molecular weight is 303 g/mol. The predicted molar refractivity (Wildman–Crippen MR) is 66.0 cm³/mol. The van der Waals surface area contributed by atoms with Crippen molar-refractivity contribution in [1.29, 1.82) is 0 Å². The van der Waals surface area contributed by atoms with Gasteiger partial charge in [-0.15, -0.1) is 0 Å². The van der Waals surface area contributed by atoms with Gasteiger partial charge in [-0.2, -0.15) is 0 Å². The third kappa shape index (κ3) is 2.94. The van der Waals surface area contributed by atoms with Crippen LogP contribution in [0, 0.1) is 18.6 Å². The summed E-state index contributed by atoms with van der Waals surface area (Å²) in [6.07, 6.45) is 0. The first kappa shape index (κ1) is 14.4. The van der Waals surface area contributed by atoms with Crippen molar-refractivity contribution in [2.24, 2.45) is 0 Å². The molecular formula is C11H11F2N3O3S. The van der Waals surface area contributed by atoms with Crippen molar-refractivity contribution in [2.45, 2.75) is 18.4 Å². The molecule has 0 unspecified atom stereocenters. The minimum absolute atomic E-state index is 0.195. The highest BCUT2D eigenvalue weighted by Gasteiger charge is 2.23. The van der Waals surface area contributed by atoms with Gasteiger partial charge in [0, 0.05) is 11.8 Å². The summed E-state index contributed by atoms with van der Waals surface area (Å²) in [5, 5.41) is 3.57. The molecule has 0 saturated carbocycles. The van der Waals surface area contributed by atoms with Crippen LogP contribution in [-0.4, -0.2) is 13.6 Å². The molecule has 0 radical (unpaired) electrons. The van der Waals surface area contributed by atoms with Crippen LogP contribution < -0.4 is 10.5 Å². The minimum atomic E-state index is -4.26. The molecule has 1 aromatic carbocycles. The summed E-state index contributed by atoms with van der Waals surface area (Å²) in [5.41, 5.74) is 5.68. The molecule has 9 heteroatoms. The van der Waals surface area contributed by atoms with E-state index in [1.807, 2.05) is 0 Å². The van der Waals surface area contributed by atoms with E-state index in [1.54, 1.807) is 6.92 Å². The Morgan fingerprint density at radius 1 is 1.35 bits per heavy atom. The zero-order chi connectivity index (χ0) is 14.9. The fraction of sp³-hybridized carbons (Fsp3) is 0.182. The SMILES string of the molecule is Cc1cc(CNS(=O)(=O)c2cc(N)cc(F)c2F)on1. The van der Waals surface area contributed by atoms with E-state index in [0.29, 0.717) is 11.8 Å². The Morgan fingerprint density at radius 2 is 2.05 bits per heavy atom. The highest BCUT2D eigenvalue weighted by atomic mass is 32.2. The number of halogens is 2. The quantitative estimate of drug-likeness (QED) is 0.830. The molecule has 6 nitrogen and oxygen atoms in total. The molecule has 2 aromatic rings. The fourth-order valence-electron chi connectivity index (χ4n) is 1.52. The number of nitrogen functional groups attached to an aromatic ring is 1. The van der Waals surface area contributed by atoms with E-state index < -0.39 is 26.6 Å². The van der Waals surface area contributed by atoms with Crippen LogP contribution in [-0.2, 0) is 16.6 Å². The van der Waals surface area contributed by atoms with E-state index in [9.17, 15) is 17.2 Å². The van der Waals surface area contributed by atoms with Crippen molar-refractivity contribution in [3.8, 4) is 0 Å². The van der Waals surface area contributed by atoms with E-state index in [2.05, 4.69) is 9.88 Å². The third-order valence-electron chi connectivity index (χ3n) is 2.42. The lowest BCUT2D eigenvalue weighted by atomic mass is 10.3. The minimum Gasteiger partial charge on any atom is -0.399 e. The number of anilines is 1. The van der Waals surface area contributed by atoms with E-state index in [-0.39, 0.29) is 18.0 Å². The van der Waals surface area contributed by atoms with Crippen LogP contribution in [0.3, 0.4) is 0 Å². The van der Waals surface area contributed by atoms with Gasteiger partial charge in [0.25, 0.3) is 0 Å². The number of nitrogens with two attached hydrogens (primary N) is 1. The van der Waals surface area contributed by atoms with Gasteiger partial charge in [-0.25, -0.2) is 21.9 Å². The highest BCUT2D eigenvalue weighted by molar-refractivity contribution is 7.89. The maximum absolute atomic E-state index is 13.5. The molecule has 0 fully saturated rings. The topological polar surface area (TPSA) is 98.2 Å². The summed E-state index contributed by atoms with van der Waals surface area (Å²) in [7, 11) is -4.26. The summed E-state index contributed by atoms with van der Waals surface area (Å²) in [6.45, 7) is 1.42. The van der Waals surface area contributed by atoms with E-state index >= 15 is 0 Å². The summed E-state index contributed by atoms with van der Waals surface area (Å²) >= 11 is 0. The van der Waals surface area contributed by atoms with Crippen LogP contribution in [0.25, 0.3) is 0 Å². The first-order valence-electron chi connectivity index (χ1n) is 5.46. The molecule has 1 aromatic heterocycles. The summed E-state index contributed by atoms with van der Waals surface area (Å²) < 4.78 is 57.4. The lowest BCUT2D eigenvalue weighted by Gasteiger charge is -2.07. The Balaban J connectivity index is 2.27. The van der Waals surface area contributed by atoms with Crippen LogP contribution in [0.4, 0.5) is 14.5 Å². The van der Waals surface area contributed by atoms with Crippen LogP contribution in [0.15, 0.2) is 27.6 Å². The molecule has 0 aliphatic heterocycles. The Labute approximate surface area is 113 Å². The number of aromatic nitrogens is 1. The Bertz CT molecular complexity index is 743. The number of rotatable bonds is 4. The molecule has 20 heavy (non-hydrogen) atoms. The van der Waals surface area contributed by atoms with Gasteiger partial charge in [-0.05, 0) is 19.1 Å². The Kier molecular flexibility index (Phi) is 3.73. The zero-order valence-corrected chi connectivity index (χ0v) is 11.2. The summed E-state index contributed by atoms with van der Waals surface area (Å²) in [4.78, 5) is -0.855. The van der Waals surface area contributed by atoms with E-state index in [4.69, 9.17) is 10.3 Å². The van der Waals surface area contributed by atoms with Crippen molar-refractivity contribution >= 4 is 15.7 Å². The van der Waals surface area contributed by atoms with Gasteiger partial charge in [0.05, 0.1) is 12.2 Å². The zero-order valence-electron chi connectivity index (χ0n) is 10.4. The third-order valence-corrected chi connectivity index (χ3v) is 3.82. The largest absolute Gasteiger partial charge is 0.399 e. The van der Waals surface area contributed by atoms with Gasteiger partial charge in [-0.3, -0.25) is 0 Å². The first-order chi connectivity index (χ1) is 9.29. The number of aryl methyl sites for hydroxylation is 1. The first-order valence-corrected chi connectivity index (χ1v) is 6.94. The van der Waals surface area contributed by atoms with Gasteiger partial charge in [0.15, 0.2) is 17.4 Å². The smallest absolute Gasteiger partial charge is 0.244 e. The Hall–Kier alpha value is -2.00. The number of sulfonamides is 1. The van der Waals surface area contributed by atoms with E-state index in [1.165, 1.54) is 6.07 Å². The van der Waals surface area contributed by atoms with E-state index in [0.717, 1.165) is 6.07 Å². The van der Waals surface area contributed by atoms with Crippen molar-refractivity contribution in [3.63, 3.8) is 0 Å². The lowest BCUT2D eigenvalue weighted by Crippen LogP contribution is -2.24. The molecule has 0 saturated heterocycles. The average Bonchev–Trinajstić information content (AvgIpc) is 2.77. The molecule has 1 heterocycles. The van der Waals surface area contributed by atoms with Crippen molar-refractivity contribution in [3.05, 3.63) is 41.3 Å². The molecule has 0 atom stereocenters. The lowest BCUT2D eigenvalue weighted by molar-refractivity contribution is 0.376. The fourth-order valence-corrected chi connectivity index (χ4v) is 2.64. The second kappa shape index (κ2) is 5.17. The molecule has 0 aliphatic carbocycles. The van der Waals surface area contributed by atoms with Gasteiger partial charge in [0.2, 0.25) is 10.0 Å². The van der Waals surface area contributed by atoms with Crippen molar-refractivity contribution in [2.75, 3.05) is 5.73 Å². The number of nitrogens with zero attached hydrogens (tertiary/aromatic N) is 1. The molecule has 0 amide bonds. The van der Waals surface area contributed by atoms with Crippen LogP contribution >= 0.6 is 0 Å². The molecular weight excluding hydrogens is 292 g/mol. The molecule has 0 aliphatic rings. The standard InChI is InChI=1S/C11H11F2N3O3S/c1-6-2-8(19-16-6)5-15-20(17,18)10-4-7(14)3-9(12)11(10)13/h2-4,15H,5,14H2,1H3. The number of hydrogen-bond donors (Lipinski definition) is 2. The van der Waals surface area contributed by atoms with Gasteiger partial charge < -0.3 is 10.3 Å². The summed E-state index contributed by atoms with van der Waals surface area (Å²) in [5.74, 6) is -2.57. The monoisotopic (exact) mass is 303 g/mol. The summed E-state index contributed by atoms with van der Waals surface area (Å²) in [6, 6.07) is 3.05. The molecule has 108 valence electrons. The van der Waals surface area contributed by atoms with Crippen LogP contribution in [0.1, 0.15) is 11.5 Å². The maximum atomic E-state index is 13.5. The second-order valence-electron chi connectivity index (χ2n) is 4.07. The Morgan fingerprint density at radius 3 is 2.65 bits per heavy atom. The van der Waals surface area contributed by atoms with Gasteiger partial charge in [0.1, 0.15) is 4.90 Å². The maximum Gasteiger partial charge on any atom is 0.244 e. The van der Waals surface area contributed by atoms with Gasteiger partial charge >= 0.3 is 0 Å². The molecule has 3 N–H and O–H groups in total. The highest BCUT2D eigenvalue weighted by Crippen LogP contribution is 2.21. The van der Waals surface area contributed by atoms with Crippen molar-refractivity contribution < 1.29 is 21.7 Å². The molecule has 0 spiro atoms. The second-order valence-corrected chi connectivity index (χ2v) is 5.81. The van der Waals surface area contributed by atoms with Crippen molar-refractivity contribution in [1.82, 2.24) is 9.88 Å². The number of nitrogens with one attached hydrogen (secondary N) is 1. The normalized spacial score (nSPS) is 11.8. The molecule has 0 bridgehead atoms. The predicted octanol–water partition coefficient (Wildman–Crippen LogP) is 1.32. The number of benzene rings is 1.